The van der Waals surface area contributed by atoms with Gasteiger partial charge >= 0.3 is 14.2 Å². The first-order chi connectivity index (χ1) is 7.48. The van der Waals surface area contributed by atoms with Crippen molar-refractivity contribution in [3.63, 3.8) is 0 Å². The predicted molar refractivity (Wildman–Crippen MR) is 54.2 cm³/mol. The molecule has 0 fully saturated rings. The summed E-state index contributed by atoms with van der Waals surface area (Å²) >= 11 is 0. The monoisotopic (exact) mass is 270 g/mol. The fraction of sp³-hybridized carbons (Fsp3) is 0.143. The molecule has 90 valence electrons. The second-order valence-corrected chi connectivity index (χ2v) is 3.77. The van der Waals surface area contributed by atoms with E-state index in [0.717, 1.165) is 24.3 Å². The van der Waals surface area contributed by atoms with Crippen LogP contribution in [0.1, 0.15) is 5.56 Å². The first-order valence-electron chi connectivity index (χ1n) is 3.95. The van der Waals surface area contributed by atoms with Crippen LogP contribution >= 0.6 is 17.3 Å². The van der Waals surface area contributed by atoms with Crippen LogP contribution in [0.15, 0.2) is 24.3 Å². The molecule has 0 amide bonds. The van der Waals surface area contributed by atoms with Gasteiger partial charge in [0.1, 0.15) is 5.82 Å². The molecule has 3 N–H and O–H groups in total. The number of hydrogen-bond donors (Lipinski definition) is 3. The van der Waals surface area contributed by atoms with Crippen LogP contribution in [-0.4, -0.2) is 14.9 Å². The highest BCUT2D eigenvalue weighted by atomic mass is 31.1. The molecule has 0 saturated heterocycles. The molecular weight excluding hydrogens is 261 g/mol. The summed E-state index contributed by atoms with van der Waals surface area (Å²) in [6, 6.07) is 4.20. The van der Waals surface area contributed by atoms with Crippen molar-refractivity contribution in [2.75, 3.05) is 0 Å². The zero-order valence-corrected chi connectivity index (χ0v) is 9.75. The lowest BCUT2D eigenvalue weighted by Crippen LogP contribution is -2.27. The Hall–Kier alpha value is -0.390. The lowest BCUT2D eigenvalue weighted by Gasteiger charge is -2.24. The normalized spacial score (nSPS) is 17.5. The van der Waals surface area contributed by atoms with Gasteiger partial charge in [-0.05, 0) is 24.3 Å². The van der Waals surface area contributed by atoms with E-state index in [4.69, 9.17) is 9.79 Å². The minimum atomic E-state index is -3.50. The Balaban J connectivity index is 3.00. The Morgan fingerprint density at radius 2 is 1.94 bits per heavy atom. The van der Waals surface area contributed by atoms with Gasteiger partial charge < -0.3 is 14.9 Å². The summed E-state index contributed by atoms with van der Waals surface area (Å²) in [6.45, 7) is 0. The van der Waals surface area contributed by atoms with Crippen molar-refractivity contribution in [3.05, 3.63) is 35.6 Å². The Labute approximate surface area is 92.5 Å². The van der Waals surface area contributed by atoms with Gasteiger partial charge in [0, 0.05) is 5.56 Å². The van der Waals surface area contributed by atoms with Crippen LogP contribution in [0.5, 0.6) is 0 Å². The quantitative estimate of drug-likeness (QED) is 0.542. The average Bonchev–Trinajstić information content (AvgIpc) is 2.17. The van der Waals surface area contributed by atoms with Crippen molar-refractivity contribution in [3.8, 4) is 0 Å². The minimum absolute atomic E-state index is 0.108. The van der Waals surface area contributed by atoms with E-state index in [1.165, 1.54) is 0 Å². The minimum Gasteiger partial charge on any atom is -0.352 e. The van der Waals surface area contributed by atoms with Gasteiger partial charge in [-0.3, -0.25) is 9.09 Å². The lowest BCUT2D eigenvalue weighted by molar-refractivity contribution is -0.282. The van der Waals surface area contributed by atoms with Crippen LogP contribution in [0.2, 0.25) is 0 Å². The fourth-order valence-electron chi connectivity index (χ4n) is 0.979. The van der Waals surface area contributed by atoms with Crippen LogP contribution in [0, 0.1) is 5.82 Å². The van der Waals surface area contributed by atoms with Crippen molar-refractivity contribution in [2.45, 2.75) is 5.97 Å². The molecule has 0 saturated carbocycles. The Morgan fingerprint density at radius 3 is 2.38 bits per heavy atom. The second kappa shape index (κ2) is 5.80. The highest BCUT2D eigenvalue weighted by molar-refractivity contribution is 7.32. The molecule has 1 aromatic carbocycles. The summed E-state index contributed by atoms with van der Waals surface area (Å²) in [7, 11) is -4.67. The van der Waals surface area contributed by atoms with E-state index in [1.54, 1.807) is 0 Å². The van der Waals surface area contributed by atoms with Crippen LogP contribution in [0.4, 0.5) is 4.39 Å². The number of halogens is 1. The van der Waals surface area contributed by atoms with Crippen molar-refractivity contribution in [2.24, 2.45) is 0 Å². The van der Waals surface area contributed by atoms with Crippen LogP contribution in [0.25, 0.3) is 0 Å². The highest BCUT2D eigenvalue weighted by Crippen LogP contribution is 2.37. The number of hydrogen-bond acceptors (Lipinski definition) is 5. The molecule has 3 atom stereocenters. The molecule has 3 unspecified atom stereocenters. The van der Waals surface area contributed by atoms with Crippen molar-refractivity contribution in [1.29, 1.82) is 0 Å². The summed E-state index contributed by atoms with van der Waals surface area (Å²) in [5.41, 5.74) is -0.108. The van der Waals surface area contributed by atoms with Gasteiger partial charge in [-0.15, -0.1) is 0 Å². The predicted octanol–water partition coefficient (Wildman–Crippen LogP) is 0.844. The van der Waals surface area contributed by atoms with Gasteiger partial charge in [-0.25, -0.2) is 8.91 Å². The van der Waals surface area contributed by atoms with E-state index in [9.17, 15) is 14.1 Å². The average molecular weight is 270 g/mol. The first-order valence-corrected chi connectivity index (χ1v) is 6.07. The SMILES string of the molecule is O=[PH](O)OC(O)(OPO)c1ccc(F)cc1. The Bertz CT molecular complexity index is 372. The first kappa shape index (κ1) is 13.7. The standard InChI is InChI=1S/C7H9FO6P2/c8-6-3-1-5(2-4-6)7(9,13-15-10)14-16(11)12/h1-4,9-10,15-16H,(H,11,12). The maximum absolute atomic E-state index is 12.6. The molecule has 0 aliphatic carbocycles. The van der Waals surface area contributed by atoms with Gasteiger partial charge in [-0.2, -0.15) is 0 Å². The smallest absolute Gasteiger partial charge is 0.321 e. The molecule has 9 heteroatoms. The Morgan fingerprint density at radius 1 is 1.38 bits per heavy atom. The lowest BCUT2D eigenvalue weighted by atomic mass is 10.2. The van der Waals surface area contributed by atoms with E-state index >= 15 is 0 Å². The van der Waals surface area contributed by atoms with Crippen LogP contribution < -0.4 is 0 Å². The van der Waals surface area contributed by atoms with Crippen molar-refractivity contribution in [1.82, 2.24) is 0 Å². The summed E-state index contributed by atoms with van der Waals surface area (Å²) < 4.78 is 31.8. The molecule has 0 radical (unpaired) electrons. The molecule has 0 spiro atoms. The summed E-state index contributed by atoms with van der Waals surface area (Å²) in [5, 5.41) is 9.69. The van der Waals surface area contributed by atoms with Gasteiger partial charge in [0.15, 0.2) is 9.03 Å². The molecular formula is C7H9FO6P2. The maximum Gasteiger partial charge on any atom is 0.321 e. The molecule has 0 aliphatic heterocycles. The van der Waals surface area contributed by atoms with E-state index in [0.29, 0.717) is 0 Å². The molecule has 6 nitrogen and oxygen atoms in total. The third-order valence-electron chi connectivity index (χ3n) is 1.62. The van der Waals surface area contributed by atoms with E-state index in [-0.39, 0.29) is 5.56 Å². The topological polar surface area (TPSA) is 96.2 Å². The van der Waals surface area contributed by atoms with Crippen LogP contribution in [-0.2, 0) is 19.6 Å². The van der Waals surface area contributed by atoms with Gasteiger partial charge in [0.2, 0.25) is 0 Å². The zero-order chi connectivity index (χ0) is 12.2. The fourth-order valence-corrected chi connectivity index (χ4v) is 1.74. The maximum atomic E-state index is 12.6. The van der Waals surface area contributed by atoms with E-state index in [1.807, 2.05) is 0 Å². The number of rotatable bonds is 5. The van der Waals surface area contributed by atoms with Crippen molar-refractivity contribution < 1.29 is 32.9 Å². The van der Waals surface area contributed by atoms with Gasteiger partial charge in [0.05, 0.1) is 0 Å². The molecule has 0 bridgehead atoms. The number of aliphatic hydroxyl groups is 1. The van der Waals surface area contributed by atoms with E-state index in [2.05, 4.69) is 9.05 Å². The van der Waals surface area contributed by atoms with Crippen LogP contribution in [0.3, 0.4) is 0 Å². The molecule has 1 aromatic rings. The van der Waals surface area contributed by atoms with Gasteiger partial charge in [0.25, 0.3) is 0 Å². The van der Waals surface area contributed by atoms with E-state index < -0.39 is 29.1 Å². The highest BCUT2D eigenvalue weighted by Gasteiger charge is 2.34. The summed E-state index contributed by atoms with van der Waals surface area (Å²) in [6.07, 6.45) is 0. The number of benzene rings is 1. The van der Waals surface area contributed by atoms with Gasteiger partial charge in [-0.1, -0.05) is 0 Å². The summed E-state index contributed by atoms with van der Waals surface area (Å²) in [4.78, 5) is 17.1. The van der Waals surface area contributed by atoms with Crippen molar-refractivity contribution >= 4 is 17.3 Å². The molecule has 0 aliphatic rings. The Kier molecular flexibility index (Phi) is 4.95. The molecule has 16 heavy (non-hydrogen) atoms. The largest absolute Gasteiger partial charge is 0.352 e. The zero-order valence-electron chi connectivity index (χ0n) is 7.75. The summed E-state index contributed by atoms with van der Waals surface area (Å²) in [5.74, 6) is -3.12. The third kappa shape index (κ3) is 3.57. The third-order valence-corrected chi connectivity index (χ3v) is 2.44. The molecule has 0 heterocycles. The molecule has 1 rings (SSSR count). The second-order valence-electron chi connectivity index (χ2n) is 2.65. The molecule has 0 aromatic heterocycles.